The second-order valence-corrected chi connectivity index (χ2v) is 6.96. The zero-order chi connectivity index (χ0) is 20.2. The third-order valence-electron chi connectivity index (χ3n) is 2.69. The number of hydrogen-bond acceptors (Lipinski definition) is 6. The number of hydrogen-bond donors (Lipinski definition) is 1. The number of ether oxygens (including phenoxy) is 3. The highest BCUT2D eigenvalue weighted by Gasteiger charge is 2.33. The van der Waals surface area contributed by atoms with Gasteiger partial charge in [-0.25, -0.2) is 4.79 Å². The first-order chi connectivity index (χ1) is 11.7. The summed E-state index contributed by atoms with van der Waals surface area (Å²) in [6.45, 7) is 2.16. The van der Waals surface area contributed by atoms with Crippen molar-refractivity contribution in [1.82, 2.24) is 0 Å². The fourth-order valence-electron chi connectivity index (χ4n) is 1.55. The van der Waals surface area contributed by atoms with Crippen molar-refractivity contribution in [3.05, 3.63) is 23.8 Å². The van der Waals surface area contributed by atoms with Crippen LogP contribution in [-0.4, -0.2) is 43.3 Å². The molecule has 0 atom stereocenters. The van der Waals surface area contributed by atoms with E-state index < -0.39 is 51.9 Å². The number of carbonyl (C=O) groups excluding carboxylic acids is 1. The molecule has 1 N–H and O–H groups in total. The predicted molar refractivity (Wildman–Crippen MR) is 83.4 cm³/mol. The highest BCUT2D eigenvalue weighted by Crippen LogP contribution is 2.35. The lowest BCUT2D eigenvalue weighted by Gasteiger charge is -2.23. The maximum absolute atomic E-state index is 12.5. The molecule has 0 aliphatic carbocycles. The smallest absolute Gasteiger partial charge is 0.471 e. The molecule has 1 aromatic rings. The standard InChI is InChI=1S/C15H15F3O7S/c1-4-14(2,3)24-12-9-10(5-6-11(12)25-15(16,17)18)13(19)23-7-8-26(20,21)22/h1,5-6,9H,7-8H2,2-3H3,(H,20,21,22). The molecule has 0 aromatic heterocycles. The van der Waals surface area contributed by atoms with Gasteiger partial charge < -0.3 is 14.2 Å². The average molecular weight is 396 g/mol. The van der Waals surface area contributed by atoms with Crippen molar-refractivity contribution in [2.75, 3.05) is 12.4 Å². The number of rotatable bonds is 7. The number of carbonyl (C=O) groups is 1. The first kappa shape index (κ1) is 21.6. The van der Waals surface area contributed by atoms with Gasteiger partial charge in [0.25, 0.3) is 10.1 Å². The molecular formula is C15H15F3O7S. The van der Waals surface area contributed by atoms with Crippen LogP contribution in [0.5, 0.6) is 11.5 Å². The van der Waals surface area contributed by atoms with Crippen LogP contribution in [-0.2, 0) is 14.9 Å². The van der Waals surface area contributed by atoms with E-state index in [0.717, 1.165) is 18.2 Å². The number of terminal acetylenes is 1. The Bertz CT molecular complexity index is 808. The largest absolute Gasteiger partial charge is 0.573 e. The zero-order valence-corrected chi connectivity index (χ0v) is 14.5. The molecule has 0 saturated carbocycles. The van der Waals surface area contributed by atoms with Gasteiger partial charge in [-0.15, -0.1) is 19.6 Å². The molecule has 1 rings (SSSR count). The Morgan fingerprint density at radius 1 is 1.23 bits per heavy atom. The van der Waals surface area contributed by atoms with Gasteiger partial charge in [0.2, 0.25) is 0 Å². The quantitative estimate of drug-likeness (QED) is 0.429. The number of halogens is 3. The van der Waals surface area contributed by atoms with Crippen LogP contribution >= 0.6 is 0 Å². The van der Waals surface area contributed by atoms with Gasteiger partial charge in [0.05, 0.1) is 5.56 Å². The Balaban J connectivity index is 3.08. The summed E-state index contributed by atoms with van der Waals surface area (Å²) in [7, 11) is -4.33. The van der Waals surface area contributed by atoms with Crippen LogP contribution in [0.2, 0.25) is 0 Å². The maximum atomic E-state index is 12.5. The normalized spacial score (nSPS) is 12.2. The lowest BCUT2D eigenvalue weighted by molar-refractivity contribution is -0.275. The van der Waals surface area contributed by atoms with Gasteiger partial charge in [0, 0.05) is 0 Å². The minimum Gasteiger partial charge on any atom is -0.471 e. The lowest BCUT2D eigenvalue weighted by Crippen LogP contribution is -2.27. The van der Waals surface area contributed by atoms with E-state index in [9.17, 15) is 26.4 Å². The molecule has 26 heavy (non-hydrogen) atoms. The summed E-state index contributed by atoms with van der Waals surface area (Å²) in [6, 6.07) is 2.71. The second kappa shape index (κ2) is 7.84. The van der Waals surface area contributed by atoms with E-state index in [1.54, 1.807) is 0 Å². The molecule has 1 aromatic carbocycles. The molecule has 0 heterocycles. The molecule has 7 nitrogen and oxygen atoms in total. The Kier molecular flexibility index (Phi) is 6.51. The van der Waals surface area contributed by atoms with Crippen molar-refractivity contribution in [1.29, 1.82) is 0 Å². The highest BCUT2D eigenvalue weighted by molar-refractivity contribution is 7.85. The topological polar surface area (TPSA) is 99.1 Å². The molecule has 0 fully saturated rings. The fourth-order valence-corrected chi connectivity index (χ4v) is 1.85. The van der Waals surface area contributed by atoms with Gasteiger partial charge in [-0.3, -0.25) is 4.55 Å². The van der Waals surface area contributed by atoms with E-state index in [2.05, 4.69) is 15.4 Å². The Labute approximate surface area is 147 Å². The SMILES string of the molecule is C#CC(C)(C)Oc1cc(C(=O)OCCS(=O)(=O)O)ccc1OC(F)(F)F. The van der Waals surface area contributed by atoms with Crippen molar-refractivity contribution in [2.24, 2.45) is 0 Å². The molecule has 0 amide bonds. The molecule has 0 radical (unpaired) electrons. The van der Waals surface area contributed by atoms with Crippen LogP contribution in [0.15, 0.2) is 18.2 Å². The van der Waals surface area contributed by atoms with Crippen LogP contribution in [0.3, 0.4) is 0 Å². The van der Waals surface area contributed by atoms with E-state index in [4.69, 9.17) is 15.7 Å². The van der Waals surface area contributed by atoms with E-state index in [1.807, 2.05) is 0 Å². The zero-order valence-electron chi connectivity index (χ0n) is 13.7. The third-order valence-corrected chi connectivity index (χ3v) is 3.37. The van der Waals surface area contributed by atoms with E-state index >= 15 is 0 Å². The number of benzene rings is 1. The van der Waals surface area contributed by atoms with Gasteiger partial charge >= 0.3 is 12.3 Å². The van der Waals surface area contributed by atoms with Gasteiger partial charge in [-0.05, 0) is 32.0 Å². The highest BCUT2D eigenvalue weighted by atomic mass is 32.2. The summed E-state index contributed by atoms with van der Waals surface area (Å²) in [5, 5.41) is 0. The van der Waals surface area contributed by atoms with Gasteiger partial charge in [0.1, 0.15) is 12.4 Å². The first-order valence-electron chi connectivity index (χ1n) is 6.91. The first-order valence-corrected chi connectivity index (χ1v) is 8.52. The molecule has 0 spiro atoms. The van der Waals surface area contributed by atoms with Crippen molar-refractivity contribution in [3.8, 4) is 23.8 Å². The molecule has 0 unspecified atom stereocenters. The second-order valence-electron chi connectivity index (χ2n) is 5.39. The van der Waals surface area contributed by atoms with E-state index in [1.165, 1.54) is 13.8 Å². The molecule has 0 bridgehead atoms. The molecule has 0 aliphatic rings. The summed E-state index contributed by atoms with van der Waals surface area (Å²) in [5.41, 5.74) is -1.55. The summed E-state index contributed by atoms with van der Waals surface area (Å²) >= 11 is 0. The van der Waals surface area contributed by atoms with Crippen LogP contribution < -0.4 is 9.47 Å². The van der Waals surface area contributed by atoms with Crippen molar-refractivity contribution >= 4 is 16.1 Å². The Morgan fingerprint density at radius 2 is 1.85 bits per heavy atom. The predicted octanol–water partition coefficient (Wildman–Crippen LogP) is 2.42. The van der Waals surface area contributed by atoms with Gasteiger partial charge in [-0.1, -0.05) is 5.92 Å². The average Bonchev–Trinajstić information content (AvgIpc) is 2.46. The Morgan fingerprint density at radius 3 is 2.35 bits per heavy atom. The van der Waals surface area contributed by atoms with Crippen LogP contribution in [0.1, 0.15) is 24.2 Å². The fraction of sp³-hybridized carbons (Fsp3) is 0.400. The van der Waals surface area contributed by atoms with Crippen molar-refractivity contribution < 1.29 is 45.1 Å². The molecule has 0 aliphatic heterocycles. The summed E-state index contributed by atoms with van der Waals surface area (Å²) in [6.07, 6.45) is 0.221. The lowest BCUT2D eigenvalue weighted by atomic mass is 10.1. The van der Waals surface area contributed by atoms with Gasteiger partial charge in [-0.2, -0.15) is 8.42 Å². The summed E-state index contributed by atoms with van der Waals surface area (Å²) < 4.78 is 80.9. The molecular weight excluding hydrogens is 381 g/mol. The Hall–Kier alpha value is -2.45. The van der Waals surface area contributed by atoms with Crippen LogP contribution in [0.4, 0.5) is 13.2 Å². The third kappa shape index (κ3) is 7.62. The van der Waals surface area contributed by atoms with Crippen LogP contribution in [0, 0.1) is 12.3 Å². The molecule has 144 valence electrons. The minimum absolute atomic E-state index is 0.238. The van der Waals surface area contributed by atoms with Crippen molar-refractivity contribution in [3.63, 3.8) is 0 Å². The number of esters is 1. The van der Waals surface area contributed by atoms with Gasteiger partial charge in [0.15, 0.2) is 17.1 Å². The summed E-state index contributed by atoms with van der Waals surface area (Å²) in [4.78, 5) is 11.9. The van der Waals surface area contributed by atoms with E-state index in [0.29, 0.717) is 0 Å². The maximum Gasteiger partial charge on any atom is 0.573 e. The molecule has 0 saturated heterocycles. The summed E-state index contributed by atoms with van der Waals surface area (Å²) in [5.74, 6) is -0.858. The van der Waals surface area contributed by atoms with E-state index in [-0.39, 0.29) is 5.56 Å². The molecule has 11 heteroatoms. The monoisotopic (exact) mass is 396 g/mol. The van der Waals surface area contributed by atoms with Crippen molar-refractivity contribution in [2.45, 2.75) is 25.8 Å². The number of alkyl halides is 3. The van der Waals surface area contributed by atoms with Crippen LogP contribution in [0.25, 0.3) is 0 Å². The minimum atomic E-state index is -5.00.